The van der Waals surface area contributed by atoms with E-state index in [1.165, 1.54) is 12.1 Å². The Bertz CT molecular complexity index is 802. The summed E-state index contributed by atoms with van der Waals surface area (Å²) in [4.78, 5) is 24.2. The Morgan fingerprint density at radius 1 is 0.792 bits per heavy atom. The van der Waals surface area contributed by atoms with Gasteiger partial charge in [-0.25, -0.2) is 0 Å². The number of hydrogen-bond acceptors (Lipinski definition) is 4. The van der Waals surface area contributed by atoms with Crippen LogP contribution in [0.2, 0.25) is 0 Å². The Labute approximate surface area is 139 Å². The number of para-hydroxylation sites is 1. The van der Waals surface area contributed by atoms with Crippen LogP contribution >= 0.6 is 0 Å². The molecule has 6 nitrogen and oxygen atoms in total. The van der Waals surface area contributed by atoms with Gasteiger partial charge in [-0.2, -0.15) is 0 Å². The molecular formula is C18H18N2O4. The molecule has 0 saturated heterocycles. The molecule has 0 aromatic heterocycles. The number of nitrogens with one attached hydrogen (secondary N) is 2. The molecule has 0 radical (unpaired) electrons. The molecule has 2 amide bonds. The van der Waals surface area contributed by atoms with Crippen LogP contribution in [0.3, 0.4) is 0 Å². The van der Waals surface area contributed by atoms with Crippen LogP contribution in [0.15, 0.2) is 36.4 Å². The lowest BCUT2D eigenvalue weighted by atomic mass is 9.90. The molecule has 0 atom stereocenters. The third-order valence-electron chi connectivity index (χ3n) is 4.14. The van der Waals surface area contributed by atoms with Crippen molar-refractivity contribution in [1.29, 1.82) is 0 Å². The van der Waals surface area contributed by atoms with Gasteiger partial charge in [0.15, 0.2) is 0 Å². The molecule has 124 valence electrons. The van der Waals surface area contributed by atoms with Crippen molar-refractivity contribution in [2.24, 2.45) is 0 Å². The van der Waals surface area contributed by atoms with Crippen LogP contribution in [0.4, 0.5) is 0 Å². The van der Waals surface area contributed by atoms with E-state index in [4.69, 9.17) is 0 Å². The van der Waals surface area contributed by atoms with Gasteiger partial charge in [-0.3, -0.25) is 20.4 Å². The molecule has 0 saturated carbocycles. The van der Waals surface area contributed by atoms with Crippen LogP contribution in [-0.2, 0) is 12.8 Å². The van der Waals surface area contributed by atoms with Crippen LogP contribution in [0, 0.1) is 0 Å². The van der Waals surface area contributed by atoms with Crippen molar-refractivity contribution >= 4 is 11.8 Å². The largest absolute Gasteiger partial charge is 0.507 e. The molecule has 1 aliphatic rings. The molecule has 0 unspecified atom stereocenters. The fourth-order valence-electron chi connectivity index (χ4n) is 2.87. The number of fused-ring (bicyclic) bond motifs is 1. The number of phenolic OH excluding ortho intramolecular Hbond substituents is 2. The standard InChI is InChI=1S/C18H18N2O4/c21-15-8-4-3-7-13(15)17(23)19-20-18(24)14-9-11-5-1-2-6-12(11)10-16(14)22/h3-4,7-10,21-22H,1-2,5-6H2,(H,19,23)(H,20,24). The molecule has 4 N–H and O–H groups in total. The predicted octanol–water partition coefficient (Wildman–Crippen LogP) is 2.05. The van der Waals surface area contributed by atoms with Crippen LogP contribution < -0.4 is 10.9 Å². The maximum absolute atomic E-state index is 12.2. The van der Waals surface area contributed by atoms with Crippen LogP contribution in [0.25, 0.3) is 0 Å². The lowest BCUT2D eigenvalue weighted by Gasteiger charge is -2.17. The summed E-state index contributed by atoms with van der Waals surface area (Å²) >= 11 is 0. The lowest BCUT2D eigenvalue weighted by Crippen LogP contribution is -2.41. The molecule has 24 heavy (non-hydrogen) atoms. The van der Waals surface area contributed by atoms with E-state index in [2.05, 4.69) is 10.9 Å². The first-order valence-electron chi connectivity index (χ1n) is 7.79. The second kappa shape index (κ2) is 6.62. The van der Waals surface area contributed by atoms with Crippen molar-refractivity contribution < 1.29 is 19.8 Å². The summed E-state index contributed by atoms with van der Waals surface area (Å²) in [6.45, 7) is 0. The maximum atomic E-state index is 12.2. The molecule has 6 heteroatoms. The Hall–Kier alpha value is -3.02. The first-order chi connectivity index (χ1) is 11.6. The number of amides is 2. The SMILES string of the molecule is O=C(NNC(=O)c1cc2c(cc1O)CCCC2)c1ccccc1O. The van der Waals surface area contributed by atoms with Gasteiger partial charge in [-0.05, 0) is 61.1 Å². The van der Waals surface area contributed by atoms with E-state index in [0.717, 1.165) is 36.8 Å². The summed E-state index contributed by atoms with van der Waals surface area (Å²) in [5.74, 6) is -1.53. The quantitative estimate of drug-likeness (QED) is 0.635. The average molecular weight is 326 g/mol. The number of carbonyl (C=O) groups excluding carboxylic acids is 2. The van der Waals surface area contributed by atoms with E-state index in [9.17, 15) is 19.8 Å². The van der Waals surface area contributed by atoms with Crippen LogP contribution in [-0.4, -0.2) is 22.0 Å². The molecule has 1 aliphatic carbocycles. The van der Waals surface area contributed by atoms with Crippen LogP contribution in [0.1, 0.15) is 44.7 Å². The monoisotopic (exact) mass is 326 g/mol. The lowest BCUT2D eigenvalue weighted by molar-refractivity contribution is 0.0843. The minimum atomic E-state index is -0.640. The fourth-order valence-corrected chi connectivity index (χ4v) is 2.87. The molecule has 3 rings (SSSR count). The molecule has 0 spiro atoms. The van der Waals surface area contributed by atoms with E-state index in [0.29, 0.717) is 0 Å². The van der Waals surface area contributed by atoms with E-state index in [1.54, 1.807) is 24.3 Å². The van der Waals surface area contributed by atoms with Gasteiger partial charge < -0.3 is 10.2 Å². The van der Waals surface area contributed by atoms with Gasteiger partial charge >= 0.3 is 0 Å². The molecule has 0 heterocycles. The van der Waals surface area contributed by atoms with Crippen LogP contribution in [0.5, 0.6) is 11.5 Å². The Morgan fingerprint density at radius 2 is 1.38 bits per heavy atom. The number of hydrazine groups is 1. The van der Waals surface area contributed by atoms with Crippen molar-refractivity contribution in [2.45, 2.75) is 25.7 Å². The van der Waals surface area contributed by atoms with E-state index >= 15 is 0 Å². The maximum Gasteiger partial charge on any atom is 0.273 e. The summed E-state index contributed by atoms with van der Waals surface area (Å²) < 4.78 is 0. The Morgan fingerprint density at radius 3 is 2.04 bits per heavy atom. The highest BCUT2D eigenvalue weighted by Crippen LogP contribution is 2.28. The van der Waals surface area contributed by atoms with Gasteiger partial charge in [-0.15, -0.1) is 0 Å². The fraction of sp³-hybridized carbons (Fsp3) is 0.222. The van der Waals surface area contributed by atoms with Crippen molar-refractivity contribution in [1.82, 2.24) is 10.9 Å². The Balaban J connectivity index is 1.71. The van der Waals surface area contributed by atoms with Gasteiger partial charge in [0.1, 0.15) is 11.5 Å². The zero-order valence-corrected chi connectivity index (χ0v) is 13.0. The molecule has 2 aromatic rings. The summed E-state index contributed by atoms with van der Waals surface area (Å²) in [6, 6.07) is 9.31. The van der Waals surface area contributed by atoms with E-state index < -0.39 is 11.8 Å². The van der Waals surface area contributed by atoms with Crippen molar-refractivity contribution in [2.75, 3.05) is 0 Å². The van der Waals surface area contributed by atoms with Crippen molar-refractivity contribution in [3.63, 3.8) is 0 Å². The minimum Gasteiger partial charge on any atom is -0.507 e. The number of carbonyl (C=O) groups is 2. The molecular weight excluding hydrogens is 308 g/mol. The topological polar surface area (TPSA) is 98.7 Å². The number of phenols is 2. The molecule has 2 aromatic carbocycles. The highest BCUT2D eigenvalue weighted by molar-refractivity contribution is 6.01. The third-order valence-corrected chi connectivity index (χ3v) is 4.14. The minimum absolute atomic E-state index is 0.0486. The highest BCUT2D eigenvalue weighted by Gasteiger charge is 2.18. The van der Waals surface area contributed by atoms with Gasteiger partial charge in [0.25, 0.3) is 11.8 Å². The normalized spacial score (nSPS) is 13.0. The van der Waals surface area contributed by atoms with Crippen molar-refractivity contribution in [3.05, 3.63) is 58.7 Å². The third kappa shape index (κ3) is 3.17. The van der Waals surface area contributed by atoms with Crippen molar-refractivity contribution in [3.8, 4) is 11.5 Å². The highest BCUT2D eigenvalue weighted by atomic mass is 16.3. The molecule has 0 fully saturated rings. The van der Waals surface area contributed by atoms with Gasteiger partial charge in [0.2, 0.25) is 0 Å². The summed E-state index contributed by atoms with van der Waals surface area (Å²) in [7, 11) is 0. The first-order valence-corrected chi connectivity index (χ1v) is 7.79. The zero-order chi connectivity index (χ0) is 17.1. The molecule has 0 bridgehead atoms. The van der Waals surface area contributed by atoms with E-state index in [1.807, 2.05) is 0 Å². The zero-order valence-electron chi connectivity index (χ0n) is 13.0. The number of aryl methyl sites for hydroxylation is 2. The second-order valence-corrected chi connectivity index (χ2v) is 5.77. The second-order valence-electron chi connectivity index (χ2n) is 5.77. The number of rotatable bonds is 2. The summed E-state index contributed by atoms with van der Waals surface area (Å²) in [5, 5.41) is 19.7. The van der Waals surface area contributed by atoms with Gasteiger partial charge in [-0.1, -0.05) is 12.1 Å². The van der Waals surface area contributed by atoms with E-state index in [-0.39, 0.29) is 22.6 Å². The number of hydrogen-bond donors (Lipinski definition) is 4. The summed E-state index contributed by atoms with van der Waals surface area (Å²) in [5.41, 5.74) is 6.78. The molecule has 0 aliphatic heterocycles. The smallest absolute Gasteiger partial charge is 0.273 e. The number of aromatic hydroxyl groups is 2. The summed E-state index contributed by atoms with van der Waals surface area (Å²) in [6.07, 6.45) is 3.91. The number of benzene rings is 2. The first kappa shape index (κ1) is 15.9. The average Bonchev–Trinajstić information content (AvgIpc) is 2.59. The van der Waals surface area contributed by atoms with Gasteiger partial charge in [0.05, 0.1) is 11.1 Å². The van der Waals surface area contributed by atoms with Gasteiger partial charge in [0, 0.05) is 0 Å². The Kier molecular flexibility index (Phi) is 4.37. The predicted molar refractivity (Wildman–Crippen MR) is 87.8 cm³/mol.